The van der Waals surface area contributed by atoms with Crippen molar-refractivity contribution in [2.75, 3.05) is 12.4 Å². The minimum absolute atomic E-state index is 0.186. The predicted molar refractivity (Wildman–Crippen MR) is 103 cm³/mol. The number of halogens is 5. The van der Waals surface area contributed by atoms with E-state index in [1.807, 2.05) is 0 Å². The number of nitrogens with one attached hydrogen (secondary N) is 1. The van der Waals surface area contributed by atoms with Gasteiger partial charge < -0.3 is 20.5 Å². The molecule has 1 fully saturated rings. The summed E-state index contributed by atoms with van der Waals surface area (Å²) in [6.07, 6.45) is -4.65. The second kappa shape index (κ2) is 8.54. The van der Waals surface area contributed by atoms with Crippen LogP contribution in [0.15, 0.2) is 24.5 Å². The van der Waals surface area contributed by atoms with E-state index in [0.29, 0.717) is 0 Å². The number of carbonyl (C=O) groups excluding carboxylic acids is 2. The maximum Gasteiger partial charge on any atom is 0.417 e. The lowest BCUT2D eigenvalue weighted by atomic mass is 9.77. The predicted octanol–water partition coefficient (Wildman–Crippen LogP) is 2.94. The number of aromatic nitrogens is 2. The molecule has 1 aromatic heterocycles. The summed E-state index contributed by atoms with van der Waals surface area (Å²) >= 11 is 0. The number of hydrogen-bond acceptors (Lipinski definition) is 6. The largest absolute Gasteiger partial charge is 0.493 e. The Hall–Kier alpha value is -3.35. The van der Waals surface area contributed by atoms with E-state index in [0.717, 1.165) is 38.6 Å². The Morgan fingerprint density at radius 1 is 1.24 bits per heavy atom. The summed E-state index contributed by atoms with van der Waals surface area (Å²) in [5.74, 6) is -8.45. The van der Waals surface area contributed by atoms with Gasteiger partial charge in [0.2, 0.25) is 5.82 Å². The van der Waals surface area contributed by atoms with Gasteiger partial charge >= 0.3 is 6.18 Å². The second-order valence-corrected chi connectivity index (χ2v) is 7.58. The average Bonchev–Trinajstić information content (AvgIpc) is 3.02. The lowest BCUT2D eigenvalue weighted by Gasteiger charge is -2.32. The Morgan fingerprint density at radius 2 is 1.91 bits per heavy atom. The van der Waals surface area contributed by atoms with Gasteiger partial charge in [0, 0.05) is 17.4 Å². The Labute approximate surface area is 184 Å². The van der Waals surface area contributed by atoms with Crippen LogP contribution in [0.25, 0.3) is 0 Å². The molecule has 1 aliphatic heterocycles. The molecule has 0 bridgehead atoms. The standard InChI is InChI=1S/C20H19F5N4O4/c1-8-13(9-4-5-10(21)14(22)15(9)32-3)16(33-19(8,2)20(23,24)25)18(31)29-12-7-27-6-11(28-12)17(26)30/h4-8,13,16H,1-3H3,(H2,26,30)(H,28,29,31)/t8-,13+,16+,19+/m0/s1. The highest BCUT2D eigenvalue weighted by Gasteiger charge is 2.65. The Bertz CT molecular complexity index is 1100. The summed E-state index contributed by atoms with van der Waals surface area (Å²) in [7, 11) is 1.02. The maximum absolute atomic E-state index is 14.3. The zero-order valence-corrected chi connectivity index (χ0v) is 17.5. The number of methoxy groups -OCH3 is 1. The quantitative estimate of drug-likeness (QED) is 0.644. The van der Waals surface area contributed by atoms with Crippen LogP contribution in [0, 0.1) is 17.6 Å². The van der Waals surface area contributed by atoms with E-state index in [9.17, 15) is 31.5 Å². The van der Waals surface area contributed by atoms with E-state index >= 15 is 0 Å². The fraction of sp³-hybridized carbons (Fsp3) is 0.400. The maximum atomic E-state index is 14.3. The Morgan fingerprint density at radius 3 is 2.48 bits per heavy atom. The van der Waals surface area contributed by atoms with Crippen LogP contribution < -0.4 is 15.8 Å². The molecule has 33 heavy (non-hydrogen) atoms. The Balaban J connectivity index is 2.07. The molecule has 8 nitrogen and oxygen atoms in total. The van der Waals surface area contributed by atoms with Gasteiger partial charge in [-0.25, -0.2) is 9.37 Å². The number of anilines is 1. The zero-order chi connectivity index (χ0) is 24.7. The SMILES string of the molecule is COc1c([C@@H]2[C@H](C(=O)Nc3cncc(C(N)=O)n3)O[C@@](C)(C(F)(F)F)[C@H]2C)ccc(F)c1F. The molecule has 1 aromatic carbocycles. The first-order valence-corrected chi connectivity index (χ1v) is 9.51. The highest BCUT2D eigenvalue weighted by Crippen LogP contribution is 2.54. The summed E-state index contributed by atoms with van der Waals surface area (Å²) in [5.41, 5.74) is 1.82. The van der Waals surface area contributed by atoms with Crippen LogP contribution in [-0.2, 0) is 9.53 Å². The molecule has 3 rings (SSSR count). The topological polar surface area (TPSA) is 116 Å². The third kappa shape index (κ3) is 4.19. The van der Waals surface area contributed by atoms with Crippen molar-refractivity contribution >= 4 is 17.6 Å². The van der Waals surface area contributed by atoms with Crippen molar-refractivity contribution in [1.82, 2.24) is 9.97 Å². The average molecular weight is 474 g/mol. The second-order valence-electron chi connectivity index (χ2n) is 7.58. The van der Waals surface area contributed by atoms with Crippen molar-refractivity contribution in [3.05, 3.63) is 47.4 Å². The van der Waals surface area contributed by atoms with Crippen molar-refractivity contribution in [2.24, 2.45) is 11.7 Å². The van der Waals surface area contributed by atoms with Gasteiger partial charge in [0.25, 0.3) is 11.8 Å². The number of primary amides is 1. The molecular formula is C20H19F5N4O4. The number of ether oxygens (including phenoxy) is 2. The van der Waals surface area contributed by atoms with Crippen LogP contribution in [0.1, 0.15) is 35.8 Å². The molecule has 2 heterocycles. The van der Waals surface area contributed by atoms with Crippen molar-refractivity contribution in [3.63, 3.8) is 0 Å². The van der Waals surface area contributed by atoms with Crippen molar-refractivity contribution < 1.29 is 41.0 Å². The van der Waals surface area contributed by atoms with E-state index in [1.54, 1.807) is 0 Å². The normalized spacial score (nSPS) is 25.0. The van der Waals surface area contributed by atoms with Crippen LogP contribution in [0.4, 0.5) is 27.8 Å². The molecule has 0 spiro atoms. The molecule has 4 atom stereocenters. The molecule has 0 saturated carbocycles. The summed E-state index contributed by atoms with van der Waals surface area (Å²) in [4.78, 5) is 31.7. The number of nitrogens with two attached hydrogens (primary N) is 1. The highest BCUT2D eigenvalue weighted by atomic mass is 19.4. The minimum atomic E-state index is -4.91. The first kappa shape index (κ1) is 24.3. The van der Waals surface area contributed by atoms with E-state index < -0.39 is 58.9 Å². The molecule has 0 aliphatic carbocycles. The van der Waals surface area contributed by atoms with Crippen LogP contribution in [0.5, 0.6) is 5.75 Å². The third-order valence-electron chi connectivity index (χ3n) is 5.71. The number of rotatable bonds is 5. The summed E-state index contributed by atoms with van der Waals surface area (Å²) in [6, 6.07) is 1.76. The van der Waals surface area contributed by atoms with E-state index in [4.69, 9.17) is 15.2 Å². The van der Waals surface area contributed by atoms with E-state index in [1.165, 1.54) is 6.92 Å². The molecule has 1 aliphatic rings. The van der Waals surface area contributed by atoms with Gasteiger partial charge in [-0.3, -0.25) is 14.6 Å². The minimum Gasteiger partial charge on any atom is -0.493 e. The first-order chi connectivity index (χ1) is 15.3. The van der Waals surface area contributed by atoms with Crippen molar-refractivity contribution in [3.8, 4) is 5.75 Å². The number of nitrogens with zero attached hydrogens (tertiary/aromatic N) is 2. The van der Waals surface area contributed by atoms with Gasteiger partial charge in [0.1, 0.15) is 11.8 Å². The number of carbonyl (C=O) groups is 2. The van der Waals surface area contributed by atoms with Gasteiger partial charge in [0.15, 0.2) is 23.0 Å². The summed E-state index contributed by atoms with van der Waals surface area (Å²) in [6.45, 7) is 1.94. The van der Waals surface area contributed by atoms with Crippen LogP contribution >= 0.6 is 0 Å². The number of alkyl halides is 3. The summed E-state index contributed by atoms with van der Waals surface area (Å²) < 4.78 is 79.9. The van der Waals surface area contributed by atoms with Gasteiger partial charge in [0.05, 0.1) is 19.5 Å². The molecule has 2 aromatic rings. The lowest BCUT2D eigenvalue weighted by molar-refractivity contribution is -0.272. The third-order valence-corrected chi connectivity index (χ3v) is 5.71. The first-order valence-electron chi connectivity index (χ1n) is 9.51. The highest BCUT2D eigenvalue weighted by molar-refractivity contribution is 5.95. The van der Waals surface area contributed by atoms with Crippen LogP contribution in [0.3, 0.4) is 0 Å². The van der Waals surface area contributed by atoms with Crippen molar-refractivity contribution in [2.45, 2.75) is 37.6 Å². The number of benzene rings is 1. The fourth-order valence-electron chi connectivity index (χ4n) is 3.78. The van der Waals surface area contributed by atoms with E-state index in [2.05, 4.69) is 15.3 Å². The lowest BCUT2D eigenvalue weighted by Crippen LogP contribution is -2.47. The summed E-state index contributed by atoms with van der Waals surface area (Å²) in [5, 5.41) is 2.23. The molecule has 2 amide bonds. The molecule has 3 N–H and O–H groups in total. The molecule has 13 heteroatoms. The van der Waals surface area contributed by atoms with E-state index in [-0.39, 0.29) is 17.1 Å². The van der Waals surface area contributed by atoms with Gasteiger partial charge in [-0.15, -0.1) is 0 Å². The van der Waals surface area contributed by atoms with Crippen LogP contribution in [-0.4, -0.2) is 46.8 Å². The molecule has 178 valence electrons. The molecule has 1 saturated heterocycles. The van der Waals surface area contributed by atoms with Crippen LogP contribution in [0.2, 0.25) is 0 Å². The number of hydrogen-bond donors (Lipinski definition) is 2. The van der Waals surface area contributed by atoms with Gasteiger partial charge in [-0.05, 0) is 13.0 Å². The van der Waals surface area contributed by atoms with Gasteiger partial charge in [-0.1, -0.05) is 13.0 Å². The Kier molecular flexibility index (Phi) is 6.29. The molecular weight excluding hydrogens is 455 g/mol. The number of amides is 2. The monoisotopic (exact) mass is 474 g/mol. The zero-order valence-electron chi connectivity index (χ0n) is 17.5. The smallest absolute Gasteiger partial charge is 0.417 e. The molecule has 0 radical (unpaired) electrons. The van der Waals surface area contributed by atoms with Gasteiger partial charge in [-0.2, -0.15) is 17.6 Å². The fourth-order valence-corrected chi connectivity index (χ4v) is 3.78. The molecule has 0 unspecified atom stereocenters. The van der Waals surface area contributed by atoms with Crippen molar-refractivity contribution in [1.29, 1.82) is 0 Å².